The molecule has 5 rings (SSSR count). The summed E-state index contributed by atoms with van der Waals surface area (Å²) in [6.45, 7) is 10.9. The third-order valence-electron chi connectivity index (χ3n) is 10.7. The van der Waals surface area contributed by atoms with E-state index in [9.17, 15) is 9.59 Å². The van der Waals surface area contributed by atoms with E-state index < -0.39 is 5.97 Å². The molecule has 1 aliphatic carbocycles. The summed E-state index contributed by atoms with van der Waals surface area (Å²) in [5, 5.41) is 9.92. The molecule has 2 aromatic carbocycles. The monoisotopic (exact) mass is 697 g/mol. The Kier molecular flexibility index (Phi) is 12.3. The number of unbranched alkanes of at least 4 members (excludes halogenated alkanes) is 4. The first-order chi connectivity index (χ1) is 24.0. The van der Waals surface area contributed by atoms with Gasteiger partial charge in [0, 0.05) is 65.3 Å². The minimum atomic E-state index is -0.728. The standard InChI is InChI=1S/C43H53ClN2O4/c1-42(2)33-19-10-12-21-35(33)45(29-14-6-8-23-39(47)48)37(42)27-25-31-17-16-18-32(41(31)44)26-28-38-43(3,4)34-20-11-13-22-36(34)46(38)30-15-7-9-24-40(49)50-5/h10-13,19-22,25-28H,6-9,14-18,23-24,29-30H2,1-5H3/p+1. The van der Waals surface area contributed by atoms with Crippen molar-refractivity contribution in [2.24, 2.45) is 0 Å². The third kappa shape index (κ3) is 8.18. The largest absolute Gasteiger partial charge is 0.481 e. The Labute approximate surface area is 303 Å². The molecule has 0 saturated heterocycles. The molecule has 6 nitrogen and oxygen atoms in total. The van der Waals surface area contributed by atoms with Gasteiger partial charge in [-0.05, 0) is 87.6 Å². The van der Waals surface area contributed by atoms with Gasteiger partial charge in [0.2, 0.25) is 5.69 Å². The minimum absolute atomic E-state index is 0.144. The van der Waals surface area contributed by atoms with Gasteiger partial charge in [-0.15, -0.1) is 0 Å². The molecule has 0 fully saturated rings. The smallest absolute Gasteiger partial charge is 0.305 e. The molecule has 0 amide bonds. The molecule has 1 N–H and O–H groups in total. The number of carbonyl (C=O) groups excluding carboxylic acids is 1. The number of carbonyl (C=O) groups is 2. The van der Waals surface area contributed by atoms with E-state index >= 15 is 0 Å². The van der Waals surface area contributed by atoms with Crippen molar-refractivity contribution in [1.82, 2.24) is 0 Å². The molecule has 50 heavy (non-hydrogen) atoms. The molecule has 2 heterocycles. The fourth-order valence-corrected chi connectivity index (χ4v) is 8.19. The number of para-hydroxylation sites is 2. The zero-order valence-corrected chi connectivity index (χ0v) is 31.3. The molecule has 7 heteroatoms. The molecular weight excluding hydrogens is 644 g/mol. The molecule has 266 valence electrons. The number of hydrogen-bond acceptors (Lipinski definition) is 4. The summed E-state index contributed by atoms with van der Waals surface area (Å²) in [5.74, 6) is -0.872. The van der Waals surface area contributed by atoms with Gasteiger partial charge in [-0.25, -0.2) is 0 Å². The summed E-state index contributed by atoms with van der Waals surface area (Å²) in [4.78, 5) is 25.1. The van der Waals surface area contributed by atoms with E-state index in [1.807, 2.05) is 0 Å². The lowest BCUT2D eigenvalue weighted by atomic mass is 9.81. The number of anilines is 1. The van der Waals surface area contributed by atoms with Crippen molar-refractivity contribution in [1.29, 1.82) is 0 Å². The molecule has 3 aliphatic rings. The predicted molar refractivity (Wildman–Crippen MR) is 205 cm³/mol. The van der Waals surface area contributed by atoms with Crippen molar-refractivity contribution in [2.45, 2.75) is 109 Å². The number of esters is 1. The summed E-state index contributed by atoms with van der Waals surface area (Å²) in [7, 11) is 1.45. The fourth-order valence-electron chi connectivity index (χ4n) is 7.87. The van der Waals surface area contributed by atoms with Gasteiger partial charge in [0.15, 0.2) is 5.71 Å². The first kappa shape index (κ1) is 37.4. The number of rotatable bonds is 15. The van der Waals surface area contributed by atoms with Crippen LogP contribution in [-0.4, -0.2) is 47.5 Å². The van der Waals surface area contributed by atoms with Gasteiger partial charge in [0.1, 0.15) is 6.54 Å². The second-order valence-electron chi connectivity index (χ2n) is 14.8. The molecule has 0 unspecified atom stereocenters. The third-order valence-corrected chi connectivity index (χ3v) is 11.2. The summed E-state index contributed by atoms with van der Waals surface area (Å²) in [6.07, 6.45) is 18.0. The Bertz CT molecular complexity index is 1740. The van der Waals surface area contributed by atoms with E-state index in [2.05, 4.69) is 110 Å². The van der Waals surface area contributed by atoms with Gasteiger partial charge < -0.3 is 14.7 Å². The molecule has 0 aromatic heterocycles. The average Bonchev–Trinajstić information content (AvgIpc) is 3.45. The van der Waals surface area contributed by atoms with Gasteiger partial charge in [-0.3, -0.25) is 9.59 Å². The van der Waals surface area contributed by atoms with E-state index in [0.717, 1.165) is 69.5 Å². The van der Waals surface area contributed by atoms with Crippen LogP contribution in [0.5, 0.6) is 0 Å². The van der Waals surface area contributed by atoms with Gasteiger partial charge in [-0.1, -0.05) is 80.4 Å². The lowest BCUT2D eigenvalue weighted by molar-refractivity contribution is -0.438. The molecule has 0 spiro atoms. The number of methoxy groups -OCH3 is 1. The van der Waals surface area contributed by atoms with Crippen LogP contribution in [-0.2, 0) is 25.2 Å². The fraction of sp³-hybridized carbons (Fsp3) is 0.465. The summed E-state index contributed by atoms with van der Waals surface area (Å²) in [6, 6.07) is 17.3. The molecule has 0 bridgehead atoms. The van der Waals surface area contributed by atoms with Crippen LogP contribution in [0.4, 0.5) is 11.4 Å². The molecule has 2 aromatic rings. The second kappa shape index (κ2) is 16.4. The maximum absolute atomic E-state index is 11.6. The predicted octanol–water partition coefficient (Wildman–Crippen LogP) is 10.3. The van der Waals surface area contributed by atoms with E-state index in [1.54, 1.807) is 0 Å². The Morgan fingerprint density at radius 3 is 2.32 bits per heavy atom. The number of halogens is 1. The van der Waals surface area contributed by atoms with Crippen molar-refractivity contribution in [3.05, 3.63) is 106 Å². The lowest BCUT2D eigenvalue weighted by Crippen LogP contribution is -2.28. The number of ether oxygens (including phenoxy) is 1. The molecule has 0 atom stereocenters. The van der Waals surface area contributed by atoms with Gasteiger partial charge >= 0.3 is 11.9 Å². The van der Waals surface area contributed by atoms with Crippen LogP contribution < -0.4 is 4.90 Å². The number of carboxylic acids is 1. The van der Waals surface area contributed by atoms with Gasteiger partial charge in [-0.2, -0.15) is 4.58 Å². The number of nitrogens with zero attached hydrogens (tertiary/aromatic N) is 2. The maximum atomic E-state index is 11.6. The number of allylic oxidation sites excluding steroid dienone is 8. The zero-order chi connectivity index (χ0) is 35.9. The van der Waals surface area contributed by atoms with Gasteiger partial charge in [0.05, 0.1) is 12.5 Å². The summed E-state index contributed by atoms with van der Waals surface area (Å²) >= 11 is 7.22. The Hall–Kier alpha value is -3.90. The Balaban J connectivity index is 1.39. The maximum Gasteiger partial charge on any atom is 0.305 e. The van der Waals surface area contributed by atoms with Crippen molar-refractivity contribution < 1.29 is 24.0 Å². The molecular formula is C43H54ClN2O4+. The number of fused-ring (bicyclic) bond motifs is 2. The SMILES string of the molecule is COC(=O)CCCCCN1/C(=C/C=C2\CCCC(/C=C/C3=[N+](CCCCCC(=O)O)c4ccccc4C3(C)C)=C2Cl)C(C)(C)c2ccccc21. The Morgan fingerprint density at radius 2 is 1.56 bits per heavy atom. The highest BCUT2D eigenvalue weighted by Crippen LogP contribution is 2.48. The van der Waals surface area contributed by atoms with Crippen molar-refractivity contribution in [3.63, 3.8) is 0 Å². The van der Waals surface area contributed by atoms with Crippen LogP contribution in [0.15, 0.2) is 94.7 Å². The van der Waals surface area contributed by atoms with E-state index in [1.165, 1.54) is 52.2 Å². The molecule has 2 aliphatic heterocycles. The molecule has 0 radical (unpaired) electrons. The molecule has 0 saturated carbocycles. The van der Waals surface area contributed by atoms with E-state index in [-0.39, 0.29) is 23.2 Å². The highest BCUT2D eigenvalue weighted by molar-refractivity contribution is 6.32. The quantitative estimate of drug-likeness (QED) is 0.114. The number of hydrogen-bond donors (Lipinski definition) is 1. The first-order valence-corrected chi connectivity index (χ1v) is 18.7. The van der Waals surface area contributed by atoms with Crippen LogP contribution in [0.2, 0.25) is 0 Å². The topological polar surface area (TPSA) is 69.8 Å². The van der Waals surface area contributed by atoms with E-state index in [4.69, 9.17) is 21.4 Å². The van der Waals surface area contributed by atoms with Crippen molar-refractivity contribution in [2.75, 3.05) is 25.1 Å². The van der Waals surface area contributed by atoms with Crippen LogP contribution in [0, 0.1) is 0 Å². The minimum Gasteiger partial charge on any atom is -0.481 e. The van der Waals surface area contributed by atoms with Crippen molar-refractivity contribution >= 4 is 40.6 Å². The highest BCUT2D eigenvalue weighted by Gasteiger charge is 2.44. The lowest BCUT2D eigenvalue weighted by Gasteiger charge is -2.27. The van der Waals surface area contributed by atoms with Crippen LogP contribution in [0.25, 0.3) is 0 Å². The van der Waals surface area contributed by atoms with Crippen LogP contribution >= 0.6 is 11.6 Å². The number of aliphatic carboxylic acids is 1. The van der Waals surface area contributed by atoms with Gasteiger partial charge in [0.25, 0.3) is 0 Å². The average molecular weight is 698 g/mol. The first-order valence-electron chi connectivity index (χ1n) is 18.4. The van der Waals surface area contributed by atoms with Crippen LogP contribution in [0.1, 0.15) is 109 Å². The summed E-state index contributed by atoms with van der Waals surface area (Å²) in [5.41, 5.74) is 9.68. The highest BCUT2D eigenvalue weighted by atomic mass is 35.5. The van der Waals surface area contributed by atoms with Crippen molar-refractivity contribution in [3.8, 4) is 0 Å². The van der Waals surface area contributed by atoms with E-state index in [0.29, 0.717) is 12.8 Å². The normalized spacial score (nSPS) is 19.5. The summed E-state index contributed by atoms with van der Waals surface area (Å²) < 4.78 is 7.25. The number of carboxylic acid groups (broad SMARTS) is 1. The van der Waals surface area contributed by atoms with Crippen LogP contribution in [0.3, 0.4) is 0 Å². The second-order valence-corrected chi connectivity index (χ2v) is 15.2. The number of benzene rings is 2. The Morgan fingerprint density at radius 1 is 0.860 bits per heavy atom. The zero-order valence-electron chi connectivity index (χ0n) is 30.6.